The Balaban J connectivity index is 1.45. The molecule has 1 aromatic carbocycles. The number of nitrogens with one attached hydrogen (secondary N) is 2. The first kappa shape index (κ1) is 22.6. The SMILES string of the molecule is CC(C)(C)CC(=O)c1cc(C(=O)N[C@@H]2CCCN(c3ccc(C(N)=O)c4[nH]ccc34)C2)no1. The minimum atomic E-state index is -0.481. The molecule has 3 aromatic rings. The van der Waals surface area contributed by atoms with Gasteiger partial charge in [-0.05, 0) is 36.5 Å². The van der Waals surface area contributed by atoms with Gasteiger partial charge in [-0.25, -0.2) is 0 Å². The summed E-state index contributed by atoms with van der Waals surface area (Å²) in [5.74, 6) is -0.917. The van der Waals surface area contributed by atoms with E-state index in [0.29, 0.717) is 24.0 Å². The number of carbonyl (C=O) groups excluding carboxylic acids is 3. The van der Waals surface area contributed by atoms with Crippen molar-refractivity contribution in [2.45, 2.75) is 46.1 Å². The first-order chi connectivity index (χ1) is 15.6. The molecule has 1 aliphatic heterocycles. The number of benzene rings is 1. The molecule has 33 heavy (non-hydrogen) atoms. The van der Waals surface area contributed by atoms with Gasteiger partial charge in [0.2, 0.25) is 11.5 Å². The van der Waals surface area contributed by atoms with Crippen LogP contribution in [0.4, 0.5) is 5.69 Å². The monoisotopic (exact) mass is 451 g/mol. The molecule has 0 spiro atoms. The van der Waals surface area contributed by atoms with Gasteiger partial charge in [0.05, 0.1) is 11.1 Å². The van der Waals surface area contributed by atoms with Crippen molar-refractivity contribution < 1.29 is 18.9 Å². The maximum atomic E-state index is 12.7. The molecule has 2 aromatic heterocycles. The zero-order valence-corrected chi connectivity index (χ0v) is 19.1. The summed E-state index contributed by atoms with van der Waals surface area (Å²) in [4.78, 5) is 42.1. The van der Waals surface area contributed by atoms with Gasteiger partial charge in [-0.3, -0.25) is 14.4 Å². The smallest absolute Gasteiger partial charge is 0.273 e. The first-order valence-corrected chi connectivity index (χ1v) is 11.1. The third kappa shape index (κ3) is 4.92. The Morgan fingerprint density at radius 1 is 1.27 bits per heavy atom. The fourth-order valence-electron chi connectivity index (χ4n) is 4.28. The average Bonchev–Trinajstić information content (AvgIpc) is 3.42. The summed E-state index contributed by atoms with van der Waals surface area (Å²) in [5.41, 5.74) is 7.55. The van der Waals surface area contributed by atoms with Crippen molar-refractivity contribution in [2.24, 2.45) is 11.1 Å². The molecule has 1 fully saturated rings. The van der Waals surface area contributed by atoms with Gasteiger partial charge in [0.25, 0.3) is 11.8 Å². The number of anilines is 1. The van der Waals surface area contributed by atoms with Crippen LogP contribution in [0, 0.1) is 5.41 Å². The van der Waals surface area contributed by atoms with Gasteiger partial charge in [0.15, 0.2) is 5.69 Å². The average molecular weight is 452 g/mol. The minimum Gasteiger partial charge on any atom is -0.369 e. The van der Waals surface area contributed by atoms with E-state index in [1.165, 1.54) is 6.07 Å². The van der Waals surface area contributed by atoms with Crippen molar-refractivity contribution in [2.75, 3.05) is 18.0 Å². The molecule has 0 unspecified atom stereocenters. The third-order valence-electron chi connectivity index (χ3n) is 5.77. The molecule has 4 rings (SSSR count). The van der Waals surface area contributed by atoms with Gasteiger partial charge in [0, 0.05) is 48.9 Å². The highest BCUT2D eigenvalue weighted by molar-refractivity contribution is 6.08. The van der Waals surface area contributed by atoms with E-state index in [9.17, 15) is 14.4 Å². The van der Waals surface area contributed by atoms with E-state index in [1.54, 1.807) is 12.3 Å². The van der Waals surface area contributed by atoms with Crippen molar-refractivity contribution >= 4 is 34.2 Å². The Hall–Kier alpha value is -3.62. The minimum absolute atomic E-state index is 0.0958. The van der Waals surface area contributed by atoms with E-state index in [-0.39, 0.29) is 34.6 Å². The number of hydrogen-bond donors (Lipinski definition) is 3. The van der Waals surface area contributed by atoms with Crippen LogP contribution in [-0.4, -0.2) is 46.9 Å². The van der Waals surface area contributed by atoms with Crippen molar-refractivity contribution in [3.63, 3.8) is 0 Å². The number of nitrogens with zero attached hydrogens (tertiary/aromatic N) is 2. The van der Waals surface area contributed by atoms with Crippen LogP contribution in [0.1, 0.15) is 71.4 Å². The zero-order valence-electron chi connectivity index (χ0n) is 19.1. The maximum Gasteiger partial charge on any atom is 0.273 e. The van der Waals surface area contributed by atoms with Crippen molar-refractivity contribution in [1.82, 2.24) is 15.5 Å². The lowest BCUT2D eigenvalue weighted by molar-refractivity contribution is 0.0893. The van der Waals surface area contributed by atoms with Crippen LogP contribution in [0.3, 0.4) is 0 Å². The molecule has 9 heteroatoms. The Kier molecular flexibility index (Phi) is 5.97. The molecular weight excluding hydrogens is 422 g/mol. The lowest BCUT2D eigenvalue weighted by Gasteiger charge is -2.35. The maximum absolute atomic E-state index is 12.7. The van der Waals surface area contributed by atoms with Crippen LogP contribution >= 0.6 is 0 Å². The summed E-state index contributed by atoms with van der Waals surface area (Å²) in [5, 5.41) is 7.72. The number of primary amides is 1. The van der Waals surface area contributed by atoms with Gasteiger partial charge in [-0.1, -0.05) is 25.9 Å². The zero-order chi connectivity index (χ0) is 23.8. The highest BCUT2D eigenvalue weighted by Crippen LogP contribution is 2.31. The fraction of sp³-hybridized carbons (Fsp3) is 0.417. The fourth-order valence-corrected chi connectivity index (χ4v) is 4.28. The predicted octanol–water partition coefficient (Wildman–Crippen LogP) is 3.27. The topological polar surface area (TPSA) is 134 Å². The Morgan fingerprint density at radius 3 is 2.79 bits per heavy atom. The van der Waals surface area contributed by atoms with E-state index in [2.05, 4.69) is 20.4 Å². The summed E-state index contributed by atoms with van der Waals surface area (Å²) in [6, 6.07) is 6.86. The van der Waals surface area contributed by atoms with E-state index in [0.717, 1.165) is 30.5 Å². The predicted molar refractivity (Wildman–Crippen MR) is 124 cm³/mol. The van der Waals surface area contributed by atoms with E-state index >= 15 is 0 Å². The highest BCUT2D eigenvalue weighted by Gasteiger charge is 2.27. The number of Topliss-reactive ketones (excluding diaryl/α,β-unsaturated/α-hetero) is 1. The van der Waals surface area contributed by atoms with Crippen LogP contribution in [0.5, 0.6) is 0 Å². The van der Waals surface area contributed by atoms with Crippen LogP contribution in [0.15, 0.2) is 35.0 Å². The van der Waals surface area contributed by atoms with Crippen molar-refractivity contribution in [1.29, 1.82) is 0 Å². The van der Waals surface area contributed by atoms with Gasteiger partial charge < -0.3 is 25.5 Å². The Bertz CT molecular complexity index is 1200. The van der Waals surface area contributed by atoms with Gasteiger partial charge in [0.1, 0.15) is 0 Å². The van der Waals surface area contributed by atoms with Crippen molar-refractivity contribution in [3.05, 3.63) is 47.5 Å². The number of aromatic amines is 1. The highest BCUT2D eigenvalue weighted by atomic mass is 16.5. The van der Waals surface area contributed by atoms with Gasteiger partial charge in [-0.15, -0.1) is 0 Å². The molecule has 0 radical (unpaired) electrons. The molecule has 2 amide bonds. The van der Waals surface area contributed by atoms with Crippen molar-refractivity contribution in [3.8, 4) is 0 Å². The number of fused-ring (bicyclic) bond motifs is 1. The largest absolute Gasteiger partial charge is 0.369 e. The molecule has 0 saturated carbocycles. The van der Waals surface area contributed by atoms with E-state index < -0.39 is 5.91 Å². The standard InChI is InChI=1S/C24H29N5O4/c1-24(2,3)12-19(30)20-11-17(28-33-20)23(32)27-14-5-4-10-29(13-14)18-7-6-16(22(25)31)21-15(18)8-9-26-21/h6-9,11,14,26H,4-5,10,12-13H2,1-3H3,(H2,25,31)(H,27,32)/t14-/m1/s1. The van der Waals surface area contributed by atoms with Crippen LogP contribution in [0.2, 0.25) is 0 Å². The molecule has 0 aliphatic carbocycles. The number of aromatic nitrogens is 2. The third-order valence-corrected chi connectivity index (χ3v) is 5.77. The first-order valence-electron chi connectivity index (χ1n) is 11.1. The lowest BCUT2D eigenvalue weighted by Crippen LogP contribution is -2.48. The second-order valence-electron chi connectivity index (χ2n) is 9.76. The van der Waals surface area contributed by atoms with Gasteiger partial charge >= 0.3 is 0 Å². The second kappa shape index (κ2) is 8.73. The molecule has 0 bridgehead atoms. The number of amides is 2. The quantitative estimate of drug-likeness (QED) is 0.493. The molecule has 1 saturated heterocycles. The molecule has 4 N–H and O–H groups in total. The number of carbonyl (C=O) groups is 3. The molecule has 3 heterocycles. The van der Waals surface area contributed by atoms with Crippen LogP contribution in [-0.2, 0) is 0 Å². The van der Waals surface area contributed by atoms with Crippen LogP contribution in [0.25, 0.3) is 10.9 Å². The molecule has 174 valence electrons. The molecule has 1 aliphatic rings. The number of H-pyrrole nitrogens is 1. The number of ketones is 1. The lowest BCUT2D eigenvalue weighted by atomic mass is 9.89. The normalized spacial score (nSPS) is 16.7. The Labute approximate surface area is 191 Å². The summed E-state index contributed by atoms with van der Waals surface area (Å²) < 4.78 is 5.13. The number of nitrogens with two attached hydrogens (primary N) is 1. The summed E-state index contributed by atoms with van der Waals surface area (Å²) in [6.45, 7) is 7.33. The molecular formula is C24H29N5O4. The van der Waals surface area contributed by atoms with E-state index in [4.69, 9.17) is 10.3 Å². The summed E-state index contributed by atoms with van der Waals surface area (Å²) in [7, 11) is 0. The number of rotatable bonds is 6. The summed E-state index contributed by atoms with van der Waals surface area (Å²) in [6.07, 6.45) is 3.81. The molecule has 9 nitrogen and oxygen atoms in total. The summed E-state index contributed by atoms with van der Waals surface area (Å²) >= 11 is 0. The van der Waals surface area contributed by atoms with E-state index in [1.807, 2.05) is 32.9 Å². The van der Waals surface area contributed by atoms with Gasteiger partial charge in [-0.2, -0.15) is 0 Å². The molecule has 1 atom stereocenters. The second-order valence-corrected chi connectivity index (χ2v) is 9.76. The Morgan fingerprint density at radius 2 is 2.06 bits per heavy atom. The van der Waals surface area contributed by atoms with Crippen LogP contribution < -0.4 is 16.0 Å². The number of piperidine rings is 1. The number of hydrogen-bond acceptors (Lipinski definition) is 6.